The van der Waals surface area contributed by atoms with Gasteiger partial charge >= 0.3 is 0 Å². The Labute approximate surface area is 118 Å². The van der Waals surface area contributed by atoms with Gasteiger partial charge in [0.15, 0.2) is 5.78 Å². The van der Waals surface area contributed by atoms with Crippen LogP contribution in [-0.4, -0.2) is 5.78 Å². The van der Waals surface area contributed by atoms with Crippen molar-refractivity contribution in [2.45, 2.75) is 25.2 Å². The second-order valence-electron chi connectivity index (χ2n) is 5.05. The molecule has 19 heavy (non-hydrogen) atoms. The molecular formula is C17H15ClO. The van der Waals surface area contributed by atoms with Crippen LogP contribution in [0.3, 0.4) is 0 Å². The number of benzene rings is 2. The third kappa shape index (κ3) is 2.43. The van der Waals surface area contributed by atoms with Gasteiger partial charge in [0.2, 0.25) is 0 Å². The van der Waals surface area contributed by atoms with E-state index in [1.54, 1.807) is 24.3 Å². The van der Waals surface area contributed by atoms with Gasteiger partial charge in [-0.2, -0.15) is 0 Å². The van der Waals surface area contributed by atoms with E-state index < -0.39 is 0 Å². The molecule has 0 spiro atoms. The molecule has 1 aliphatic carbocycles. The number of rotatable bonds is 3. The molecule has 0 bridgehead atoms. The van der Waals surface area contributed by atoms with Crippen molar-refractivity contribution in [3.8, 4) is 0 Å². The molecule has 0 heterocycles. The van der Waals surface area contributed by atoms with Crippen molar-refractivity contribution in [1.29, 1.82) is 0 Å². The average molecular weight is 271 g/mol. The van der Waals surface area contributed by atoms with Crippen molar-refractivity contribution in [2.24, 2.45) is 0 Å². The molecule has 0 unspecified atom stereocenters. The zero-order valence-corrected chi connectivity index (χ0v) is 11.4. The van der Waals surface area contributed by atoms with Crippen LogP contribution in [0, 0.1) is 0 Å². The number of hydrogen-bond donors (Lipinski definition) is 0. The molecule has 1 saturated carbocycles. The van der Waals surface area contributed by atoms with E-state index in [1.807, 2.05) is 18.2 Å². The van der Waals surface area contributed by atoms with Gasteiger partial charge in [-0.05, 0) is 48.6 Å². The lowest BCUT2D eigenvalue weighted by molar-refractivity contribution is 0.103. The summed E-state index contributed by atoms with van der Waals surface area (Å²) in [5.74, 6) is 0.659. The summed E-state index contributed by atoms with van der Waals surface area (Å²) in [6.45, 7) is 0. The predicted molar refractivity (Wildman–Crippen MR) is 77.9 cm³/mol. The predicted octanol–water partition coefficient (Wildman–Crippen LogP) is 4.84. The average Bonchev–Trinajstić information content (AvgIpc) is 2.37. The summed E-state index contributed by atoms with van der Waals surface area (Å²) in [6.07, 6.45) is 3.67. The molecule has 0 amide bonds. The van der Waals surface area contributed by atoms with E-state index in [2.05, 4.69) is 6.07 Å². The molecule has 96 valence electrons. The number of ketones is 1. The molecule has 0 saturated heterocycles. The molecule has 1 fully saturated rings. The maximum absolute atomic E-state index is 12.6. The molecule has 2 aromatic rings. The molecular weight excluding hydrogens is 256 g/mol. The van der Waals surface area contributed by atoms with Gasteiger partial charge in [-0.1, -0.05) is 42.3 Å². The van der Waals surface area contributed by atoms with Gasteiger partial charge in [0.25, 0.3) is 0 Å². The Kier molecular flexibility index (Phi) is 3.39. The Morgan fingerprint density at radius 2 is 1.68 bits per heavy atom. The molecule has 1 nitrogen and oxygen atoms in total. The van der Waals surface area contributed by atoms with Crippen LogP contribution in [0.4, 0.5) is 0 Å². The Hall–Kier alpha value is -1.60. The minimum Gasteiger partial charge on any atom is -0.289 e. The fraction of sp³-hybridized carbons (Fsp3) is 0.235. The Bertz CT molecular complexity index is 597. The number of hydrogen-bond acceptors (Lipinski definition) is 1. The lowest BCUT2D eigenvalue weighted by atomic mass is 9.77. The first kappa shape index (κ1) is 12.4. The first-order valence-corrected chi connectivity index (χ1v) is 7.02. The Morgan fingerprint density at radius 1 is 1.00 bits per heavy atom. The van der Waals surface area contributed by atoms with Gasteiger partial charge in [-0.25, -0.2) is 0 Å². The summed E-state index contributed by atoms with van der Waals surface area (Å²) in [6, 6.07) is 15.1. The summed E-state index contributed by atoms with van der Waals surface area (Å²) in [7, 11) is 0. The maximum atomic E-state index is 12.6. The van der Waals surface area contributed by atoms with Crippen molar-refractivity contribution < 1.29 is 4.79 Å². The minimum atomic E-state index is 0.0965. The van der Waals surface area contributed by atoms with Gasteiger partial charge in [-0.3, -0.25) is 4.79 Å². The molecule has 2 aromatic carbocycles. The van der Waals surface area contributed by atoms with Crippen molar-refractivity contribution in [3.05, 3.63) is 70.2 Å². The highest BCUT2D eigenvalue weighted by Crippen LogP contribution is 2.38. The van der Waals surface area contributed by atoms with Crippen LogP contribution >= 0.6 is 11.6 Å². The summed E-state index contributed by atoms with van der Waals surface area (Å²) >= 11 is 5.86. The lowest BCUT2D eigenvalue weighted by Crippen LogP contribution is -2.14. The number of carbonyl (C=O) groups is 1. The van der Waals surface area contributed by atoms with Crippen molar-refractivity contribution in [2.75, 3.05) is 0 Å². The highest BCUT2D eigenvalue weighted by molar-refractivity contribution is 6.30. The zero-order chi connectivity index (χ0) is 13.2. The van der Waals surface area contributed by atoms with Crippen LogP contribution in [0.15, 0.2) is 48.5 Å². The topological polar surface area (TPSA) is 17.1 Å². The van der Waals surface area contributed by atoms with Gasteiger partial charge in [0, 0.05) is 16.1 Å². The quantitative estimate of drug-likeness (QED) is 0.730. The van der Waals surface area contributed by atoms with E-state index in [-0.39, 0.29) is 5.78 Å². The van der Waals surface area contributed by atoms with E-state index in [4.69, 9.17) is 11.6 Å². The van der Waals surface area contributed by atoms with Gasteiger partial charge in [0.05, 0.1) is 0 Å². The lowest BCUT2D eigenvalue weighted by Gasteiger charge is -2.27. The highest BCUT2D eigenvalue weighted by atomic mass is 35.5. The standard InChI is InChI=1S/C17H15ClO/c18-14-10-8-13(9-11-14)17(19)16-7-2-1-6-15(16)12-4-3-5-12/h1-2,6-12H,3-5H2. The third-order valence-electron chi connectivity index (χ3n) is 3.86. The van der Waals surface area contributed by atoms with E-state index in [9.17, 15) is 4.79 Å². The van der Waals surface area contributed by atoms with E-state index in [1.165, 1.54) is 24.8 Å². The van der Waals surface area contributed by atoms with Crippen LogP contribution < -0.4 is 0 Å². The number of halogens is 1. The molecule has 3 rings (SSSR count). The molecule has 0 radical (unpaired) electrons. The van der Waals surface area contributed by atoms with Gasteiger partial charge in [-0.15, -0.1) is 0 Å². The monoisotopic (exact) mass is 270 g/mol. The fourth-order valence-electron chi connectivity index (χ4n) is 2.54. The molecule has 0 aliphatic heterocycles. The Balaban J connectivity index is 1.97. The van der Waals surface area contributed by atoms with E-state index >= 15 is 0 Å². The van der Waals surface area contributed by atoms with Crippen molar-refractivity contribution >= 4 is 17.4 Å². The van der Waals surface area contributed by atoms with E-state index in [0.29, 0.717) is 16.5 Å². The summed E-state index contributed by atoms with van der Waals surface area (Å²) in [5.41, 5.74) is 2.75. The summed E-state index contributed by atoms with van der Waals surface area (Å²) < 4.78 is 0. The second kappa shape index (κ2) is 5.18. The molecule has 0 atom stereocenters. The van der Waals surface area contributed by atoms with Crippen LogP contribution in [0.25, 0.3) is 0 Å². The van der Waals surface area contributed by atoms with Crippen molar-refractivity contribution in [3.63, 3.8) is 0 Å². The van der Waals surface area contributed by atoms with Crippen LogP contribution in [0.5, 0.6) is 0 Å². The summed E-state index contributed by atoms with van der Waals surface area (Å²) in [5, 5.41) is 0.656. The minimum absolute atomic E-state index is 0.0965. The van der Waals surface area contributed by atoms with Crippen LogP contribution in [0.1, 0.15) is 46.7 Å². The van der Waals surface area contributed by atoms with Crippen LogP contribution in [-0.2, 0) is 0 Å². The Morgan fingerprint density at radius 3 is 2.32 bits per heavy atom. The normalized spacial score (nSPS) is 15.0. The molecule has 0 aromatic heterocycles. The SMILES string of the molecule is O=C(c1ccc(Cl)cc1)c1ccccc1C1CCC1. The van der Waals surface area contributed by atoms with E-state index in [0.717, 1.165) is 5.56 Å². The molecule has 0 N–H and O–H groups in total. The van der Waals surface area contributed by atoms with Crippen LogP contribution in [0.2, 0.25) is 5.02 Å². The maximum Gasteiger partial charge on any atom is 0.193 e. The fourth-order valence-corrected chi connectivity index (χ4v) is 2.66. The third-order valence-corrected chi connectivity index (χ3v) is 4.11. The molecule has 2 heteroatoms. The first-order chi connectivity index (χ1) is 9.25. The molecule has 1 aliphatic rings. The largest absolute Gasteiger partial charge is 0.289 e. The zero-order valence-electron chi connectivity index (χ0n) is 10.6. The summed E-state index contributed by atoms with van der Waals surface area (Å²) in [4.78, 5) is 12.6. The number of carbonyl (C=O) groups excluding carboxylic acids is 1. The highest BCUT2D eigenvalue weighted by Gasteiger charge is 2.24. The van der Waals surface area contributed by atoms with Gasteiger partial charge in [0.1, 0.15) is 0 Å². The van der Waals surface area contributed by atoms with Crippen molar-refractivity contribution in [1.82, 2.24) is 0 Å². The van der Waals surface area contributed by atoms with Gasteiger partial charge < -0.3 is 0 Å². The second-order valence-corrected chi connectivity index (χ2v) is 5.49. The first-order valence-electron chi connectivity index (χ1n) is 6.65. The smallest absolute Gasteiger partial charge is 0.193 e.